The molecular formula is C15H19ClN4O2. The molecule has 0 amide bonds. The van der Waals surface area contributed by atoms with Crippen LogP contribution in [0.15, 0.2) is 29.5 Å². The number of piperidine rings is 1. The molecule has 4 rings (SSSR count). The second-order valence-corrected chi connectivity index (χ2v) is 5.93. The van der Waals surface area contributed by atoms with Crippen molar-refractivity contribution in [2.24, 2.45) is 0 Å². The number of hydrogen-bond acceptors (Lipinski definition) is 5. The Bertz CT molecular complexity index is 727. The topological polar surface area (TPSA) is 69.0 Å². The van der Waals surface area contributed by atoms with E-state index in [2.05, 4.69) is 15.3 Å². The maximum atomic E-state index is 12.6. The molecule has 2 saturated heterocycles. The summed E-state index contributed by atoms with van der Waals surface area (Å²) in [5, 5.41) is 3.36. The lowest BCUT2D eigenvalue weighted by Gasteiger charge is -2.32. The highest BCUT2D eigenvalue weighted by molar-refractivity contribution is 5.85. The molecule has 2 aliphatic rings. The van der Waals surface area contributed by atoms with Gasteiger partial charge in [-0.25, -0.2) is 9.97 Å². The van der Waals surface area contributed by atoms with E-state index in [0.717, 1.165) is 32.4 Å². The van der Waals surface area contributed by atoms with Gasteiger partial charge in [0.15, 0.2) is 5.52 Å². The lowest BCUT2D eigenvalue weighted by Crippen LogP contribution is -2.41. The van der Waals surface area contributed by atoms with Crippen molar-refractivity contribution in [3.05, 3.63) is 35.0 Å². The minimum Gasteiger partial charge on any atom is -0.373 e. The summed E-state index contributed by atoms with van der Waals surface area (Å²) >= 11 is 0. The van der Waals surface area contributed by atoms with Gasteiger partial charge in [-0.15, -0.1) is 12.4 Å². The lowest BCUT2D eigenvalue weighted by molar-refractivity contribution is -0.0196. The first-order chi connectivity index (χ1) is 10.3. The van der Waals surface area contributed by atoms with Crippen LogP contribution in [0, 0.1) is 0 Å². The SMILES string of the molecule is Cl.O=c1c2ncccc2ncn1C1COC2(CCNCC2)C1. The molecule has 2 aliphatic heterocycles. The van der Waals surface area contributed by atoms with Crippen molar-refractivity contribution < 1.29 is 4.74 Å². The summed E-state index contributed by atoms with van der Waals surface area (Å²) in [6.07, 6.45) is 6.18. The molecule has 1 atom stereocenters. The van der Waals surface area contributed by atoms with E-state index in [-0.39, 0.29) is 29.6 Å². The van der Waals surface area contributed by atoms with E-state index in [0.29, 0.717) is 17.6 Å². The van der Waals surface area contributed by atoms with Crippen LogP contribution < -0.4 is 10.9 Å². The molecule has 1 N–H and O–H groups in total. The van der Waals surface area contributed by atoms with Crippen LogP contribution in [0.3, 0.4) is 0 Å². The maximum Gasteiger partial charge on any atom is 0.280 e. The van der Waals surface area contributed by atoms with E-state index in [4.69, 9.17) is 4.74 Å². The van der Waals surface area contributed by atoms with E-state index < -0.39 is 0 Å². The number of pyridine rings is 1. The second-order valence-electron chi connectivity index (χ2n) is 5.93. The highest BCUT2D eigenvalue weighted by Crippen LogP contribution is 2.38. The standard InChI is InChI=1S/C15H18N4O2.ClH/c20-14-13-12(2-1-5-17-13)18-10-19(14)11-8-15(21-9-11)3-6-16-7-4-15;/h1-2,5,10-11,16H,3-4,6-9H2;1H. The zero-order valence-corrected chi connectivity index (χ0v) is 13.0. The Morgan fingerprint density at radius 2 is 2.14 bits per heavy atom. The summed E-state index contributed by atoms with van der Waals surface area (Å²) in [6.45, 7) is 2.55. The fourth-order valence-corrected chi connectivity index (χ4v) is 3.45. The number of hydrogen-bond donors (Lipinski definition) is 1. The Kier molecular flexibility index (Phi) is 4.16. The summed E-state index contributed by atoms with van der Waals surface area (Å²) in [5.74, 6) is 0. The minimum absolute atomic E-state index is 0. The number of ether oxygens (including phenoxy) is 1. The number of rotatable bonds is 1. The molecule has 2 aromatic heterocycles. The number of aromatic nitrogens is 3. The minimum atomic E-state index is -0.0693. The van der Waals surface area contributed by atoms with Gasteiger partial charge in [-0.1, -0.05) is 0 Å². The van der Waals surface area contributed by atoms with Gasteiger partial charge in [-0.05, 0) is 44.5 Å². The summed E-state index contributed by atoms with van der Waals surface area (Å²) in [6, 6.07) is 3.67. The molecular weight excluding hydrogens is 304 g/mol. The predicted octanol–water partition coefficient (Wildman–Crippen LogP) is 1.30. The van der Waals surface area contributed by atoms with Gasteiger partial charge in [0.2, 0.25) is 0 Å². The molecule has 0 aliphatic carbocycles. The van der Waals surface area contributed by atoms with Crippen LogP contribution in [0.25, 0.3) is 11.0 Å². The summed E-state index contributed by atoms with van der Waals surface area (Å²) in [7, 11) is 0. The molecule has 0 saturated carbocycles. The van der Waals surface area contributed by atoms with Gasteiger partial charge in [0.25, 0.3) is 5.56 Å². The first-order valence-corrected chi connectivity index (χ1v) is 7.44. The van der Waals surface area contributed by atoms with Gasteiger partial charge >= 0.3 is 0 Å². The van der Waals surface area contributed by atoms with E-state index in [1.54, 1.807) is 23.2 Å². The Morgan fingerprint density at radius 1 is 1.32 bits per heavy atom. The van der Waals surface area contributed by atoms with E-state index in [1.807, 2.05) is 6.07 Å². The van der Waals surface area contributed by atoms with E-state index in [1.165, 1.54) is 0 Å². The van der Waals surface area contributed by atoms with Crippen LogP contribution in [0.1, 0.15) is 25.3 Å². The Morgan fingerprint density at radius 3 is 2.95 bits per heavy atom. The lowest BCUT2D eigenvalue weighted by atomic mass is 9.88. The van der Waals surface area contributed by atoms with Crippen LogP contribution in [0.2, 0.25) is 0 Å². The summed E-state index contributed by atoms with van der Waals surface area (Å²) in [4.78, 5) is 21.1. The van der Waals surface area contributed by atoms with Crippen molar-refractivity contribution in [1.29, 1.82) is 0 Å². The molecule has 2 fully saturated rings. The number of halogens is 1. The highest BCUT2D eigenvalue weighted by atomic mass is 35.5. The smallest absolute Gasteiger partial charge is 0.280 e. The zero-order chi connectivity index (χ0) is 14.3. The average Bonchev–Trinajstić information content (AvgIpc) is 2.92. The van der Waals surface area contributed by atoms with Gasteiger partial charge in [0.1, 0.15) is 0 Å². The third-order valence-electron chi connectivity index (χ3n) is 4.64. The molecule has 7 heteroatoms. The molecule has 6 nitrogen and oxygen atoms in total. The van der Waals surface area contributed by atoms with Crippen LogP contribution in [-0.4, -0.2) is 39.8 Å². The number of nitrogens with one attached hydrogen (secondary N) is 1. The fourth-order valence-electron chi connectivity index (χ4n) is 3.45. The monoisotopic (exact) mass is 322 g/mol. The highest BCUT2D eigenvalue weighted by Gasteiger charge is 2.42. The third kappa shape index (κ3) is 2.51. The summed E-state index contributed by atoms with van der Waals surface area (Å²) in [5.41, 5.74) is 0.953. The normalized spacial score (nSPS) is 23.5. The van der Waals surface area contributed by atoms with E-state index >= 15 is 0 Å². The number of fused-ring (bicyclic) bond motifs is 1. The molecule has 22 heavy (non-hydrogen) atoms. The van der Waals surface area contributed by atoms with Gasteiger partial charge in [0, 0.05) is 6.20 Å². The van der Waals surface area contributed by atoms with Crippen LogP contribution in [0.4, 0.5) is 0 Å². The van der Waals surface area contributed by atoms with Gasteiger partial charge in [-0.3, -0.25) is 9.36 Å². The fraction of sp³-hybridized carbons (Fsp3) is 0.533. The van der Waals surface area contributed by atoms with Crippen molar-refractivity contribution in [3.63, 3.8) is 0 Å². The first-order valence-electron chi connectivity index (χ1n) is 7.44. The molecule has 118 valence electrons. The average molecular weight is 323 g/mol. The molecule has 0 bridgehead atoms. The van der Waals surface area contributed by atoms with Crippen LogP contribution in [0.5, 0.6) is 0 Å². The molecule has 1 spiro atoms. The van der Waals surface area contributed by atoms with Gasteiger partial charge in [-0.2, -0.15) is 0 Å². The Hall–Kier alpha value is -1.50. The molecule has 0 radical (unpaired) electrons. The quantitative estimate of drug-likeness (QED) is 0.857. The van der Waals surface area contributed by atoms with Crippen molar-refractivity contribution in [1.82, 2.24) is 19.9 Å². The maximum absolute atomic E-state index is 12.6. The van der Waals surface area contributed by atoms with Gasteiger partial charge in [0.05, 0.1) is 30.1 Å². The van der Waals surface area contributed by atoms with Crippen LogP contribution >= 0.6 is 12.4 Å². The predicted molar refractivity (Wildman–Crippen MR) is 85.5 cm³/mol. The van der Waals surface area contributed by atoms with Crippen LogP contribution in [-0.2, 0) is 4.74 Å². The van der Waals surface area contributed by atoms with Gasteiger partial charge < -0.3 is 10.1 Å². The molecule has 2 aromatic rings. The van der Waals surface area contributed by atoms with Crippen molar-refractivity contribution in [3.8, 4) is 0 Å². The largest absolute Gasteiger partial charge is 0.373 e. The summed E-state index contributed by atoms with van der Waals surface area (Å²) < 4.78 is 7.77. The third-order valence-corrected chi connectivity index (χ3v) is 4.64. The Labute approximate surface area is 134 Å². The van der Waals surface area contributed by atoms with Crippen molar-refractivity contribution in [2.75, 3.05) is 19.7 Å². The Balaban J connectivity index is 0.00000144. The first kappa shape index (κ1) is 15.4. The zero-order valence-electron chi connectivity index (χ0n) is 12.2. The van der Waals surface area contributed by atoms with Crippen molar-refractivity contribution >= 4 is 23.4 Å². The molecule has 4 heterocycles. The molecule has 1 unspecified atom stereocenters. The van der Waals surface area contributed by atoms with E-state index in [9.17, 15) is 4.79 Å². The number of nitrogens with zero attached hydrogens (tertiary/aromatic N) is 3. The second kappa shape index (κ2) is 5.95. The molecule has 0 aromatic carbocycles. The van der Waals surface area contributed by atoms with Crippen molar-refractivity contribution in [2.45, 2.75) is 30.9 Å².